The average Bonchev–Trinajstić information content (AvgIpc) is 3.25. The van der Waals surface area contributed by atoms with Crippen molar-refractivity contribution in [2.24, 2.45) is 5.92 Å². The number of carbonyl (C=O) groups excluding carboxylic acids is 1. The van der Waals surface area contributed by atoms with Crippen molar-refractivity contribution in [3.05, 3.63) is 16.1 Å². The number of rotatable bonds is 4. The van der Waals surface area contributed by atoms with Gasteiger partial charge < -0.3 is 4.90 Å². The summed E-state index contributed by atoms with van der Waals surface area (Å²) in [6, 6.07) is 1.01. The van der Waals surface area contributed by atoms with E-state index in [2.05, 4.69) is 20.2 Å². The summed E-state index contributed by atoms with van der Waals surface area (Å²) in [6.07, 6.45) is 8.57. The number of likely N-dealkylation sites (tertiary alicyclic amines) is 2. The molecule has 0 bridgehead atoms. The smallest absolute Gasteiger partial charge is 0.223 e. The standard InChI is InChI=1S/C18H27N3OS/c1-13-19-15(12-23-13)11-21-17-8-9-20(10-14-4-2-3-5-14)16(17)6-7-18(21)22/h12,14,16-17H,2-11H2,1H3/t16-,17-/m1/s1. The van der Waals surface area contributed by atoms with E-state index in [1.165, 1.54) is 38.8 Å². The van der Waals surface area contributed by atoms with Crippen LogP contribution in [0.4, 0.5) is 0 Å². The second-order valence-corrected chi connectivity index (χ2v) is 8.55. The highest BCUT2D eigenvalue weighted by Crippen LogP contribution is 2.35. The van der Waals surface area contributed by atoms with Gasteiger partial charge in [0.2, 0.25) is 5.91 Å². The molecular weight excluding hydrogens is 306 g/mol. The third-order valence-corrected chi connectivity index (χ3v) is 6.79. The van der Waals surface area contributed by atoms with Gasteiger partial charge in [0.1, 0.15) is 0 Å². The fraction of sp³-hybridized carbons (Fsp3) is 0.778. The van der Waals surface area contributed by atoms with Crippen LogP contribution in [0.1, 0.15) is 55.6 Å². The van der Waals surface area contributed by atoms with Crippen LogP contribution < -0.4 is 0 Å². The lowest BCUT2D eigenvalue weighted by Gasteiger charge is -2.40. The van der Waals surface area contributed by atoms with Crippen LogP contribution in [-0.2, 0) is 11.3 Å². The van der Waals surface area contributed by atoms with E-state index >= 15 is 0 Å². The van der Waals surface area contributed by atoms with Crippen molar-refractivity contribution in [2.45, 2.75) is 70.5 Å². The predicted molar refractivity (Wildman–Crippen MR) is 92.4 cm³/mol. The quantitative estimate of drug-likeness (QED) is 0.849. The third kappa shape index (κ3) is 3.18. The molecule has 2 saturated heterocycles. The molecule has 23 heavy (non-hydrogen) atoms. The lowest BCUT2D eigenvalue weighted by molar-refractivity contribution is -0.138. The molecule has 1 saturated carbocycles. The molecule has 2 atom stereocenters. The highest BCUT2D eigenvalue weighted by molar-refractivity contribution is 7.09. The number of carbonyl (C=O) groups is 1. The van der Waals surface area contributed by atoms with Crippen LogP contribution in [0.5, 0.6) is 0 Å². The topological polar surface area (TPSA) is 36.4 Å². The minimum absolute atomic E-state index is 0.333. The molecule has 1 amide bonds. The molecular formula is C18H27N3OS. The highest BCUT2D eigenvalue weighted by Gasteiger charge is 2.43. The molecule has 2 aliphatic heterocycles. The summed E-state index contributed by atoms with van der Waals surface area (Å²) >= 11 is 1.68. The van der Waals surface area contributed by atoms with Crippen LogP contribution >= 0.6 is 11.3 Å². The summed E-state index contributed by atoms with van der Waals surface area (Å²) < 4.78 is 0. The zero-order chi connectivity index (χ0) is 15.8. The van der Waals surface area contributed by atoms with E-state index in [1.54, 1.807) is 11.3 Å². The molecule has 1 aromatic rings. The summed E-state index contributed by atoms with van der Waals surface area (Å²) in [6.45, 7) is 5.18. The van der Waals surface area contributed by atoms with E-state index in [-0.39, 0.29) is 0 Å². The Labute approximate surface area is 142 Å². The summed E-state index contributed by atoms with van der Waals surface area (Å²) in [7, 11) is 0. The van der Waals surface area contributed by atoms with E-state index in [9.17, 15) is 4.79 Å². The molecule has 4 nitrogen and oxygen atoms in total. The predicted octanol–water partition coefficient (Wildman–Crippen LogP) is 3.21. The van der Waals surface area contributed by atoms with Gasteiger partial charge in [-0.1, -0.05) is 12.8 Å². The number of amides is 1. The molecule has 126 valence electrons. The molecule has 0 spiro atoms. The van der Waals surface area contributed by atoms with Crippen molar-refractivity contribution in [1.29, 1.82) is 0 Å². The number of piperidine rings is 1. The van der Waals surface area contributed by atoms with Gasteiger partial charge >= 0.3 is 0 Å². The van der Waals surface area contributed by atoms with Crippen molar-refractivity contribution in [3.8, 4) is 0 Å². The normalized spacial score (nSPS) is 29.4. The van der Waals surface area contributed by atoms with E-state index in [0.29, 0.717) is 31.0 Å². The van der Waals surface area contributed by atoms with Gasteiger partial charge in [-0.3, -0.25) is 9.69 Å². The van der Waals surface area contributed by atoms with Gasteiger partial charge in [0.25, 0.3) is 0 Å². The van der Waals surface area contributed by atoms with E-state index in [1.807, 2.05) is 6.92 Å². The lowest BCUT2D eigenvalue weighted by atomic mass is 9.95. The summed E-state index contributed by atoms with van der Waals surface area (Å²) in [5, 5.41) is 3.20. The number of nitrogens with zero attached hydrogens (tertiary/aromatic N) is 3. The Balaban J connectivity index is 1.44. The van der Waals surface area contributed by atoms with E-state index < -0.39 is 0 Å². The maximum absolute atomic E-state index is 12.5. The fourth-order valence-corrected chi connectivity index (χ4v) is 5.45. The molecule has 4 rings (SSSR count). The lowest BCUT2D eigenvalue weighted by Crippen LogP contribution is -2.52. The Hall–Kier alpha value is -0.940. The highest BCUT2D eigenvalue weighted by atomic mass is 32.1. The second-order valence-electron chi connectivity index (χ2n) is 7.49. The first kappa shape index (κ1) is 15.6. The monoisotopic (exact) mass is 333 g/mol. The Morgan fingerprint density at radius 1 is 1.22 bits per heavy atom. The van der Waals surface area contributed by atoms with Gasteiger partial charge in [-0.05, 0) is 38.5 Å². The van der Waals surface area contributed by atoms with Crippen LogP contribution in [0.25, 0.3) is 0 Å². The minimum Gasteiger partial charge on any atom is -0.332 e. The van der Waals surface area contributed by atoms with Gasteiger partial charge in [0, 0.05) is 37.0 Å². The van der Waals surface area contributed by atoms with Gasteiger partial charge in [-0.2, -0.15) is 0 Å². The summed E-state index contributed by atoms with van der Waals surface area (Å²) in [4.78, 5) is 21.9. The summed E-state index contributed by atoms with van der Waals surface area (Å²) in [5.41, 5.74) is 1.07. The van der Waals surface area contributed by atoms with Crippen molar-refractivity contribution in [1.82, 2.24) is 14.8 Å². The fourth-order valence-electron chi connectivity index (χ4n) is 4.85. The zero-order valence-corrected chi connectivity index (χ0v) is 14.9. The van der Waals surface area contributed by atoms with Gasteiger partial charge in [-0.15, -0.1) is 11.3 Å². The van der Waals surface area contributed by atoms with Crippen molar-refractivity contribution in [3.63, 3.8) is 0 Å². The third-order valence-electron chi connectivity index (χ3n) is 5.97. The van der Waals surface area contributed by atoms with Crippen molar-refractivity contribution < 1.29 is 4.79 Å². The molecule has 1 aromatic heterocycles. The Kier molecular flexibility index (Phi) is 4.41. The van der Waals surface area contributed by atoms with Gasteiger partial charge in [-0.25, -0.2) is 4.98 Å². The number of aromatic nitrogens is 1. The van der Waals surface area contributed by atoms with Crippen LogP contribution in [0.3, 0.4) is 0 Å². The SMILES string of the molecule is Cc1nc(CN2C(=O)CC[C@@H]3[C@H]2CCN3CC2CCCC2)cs1. The van der Waals surface area contributed by atoms with E-state index in [4.69, 9.17) is 0 Å². The second kappa shape index (κ2) is 6.52. The molecule has 1 aliphatic carbocycles. The number of hydrogen-bond acceptors (Lipinski definition) is 4. The Bertz CT molecular complexity index is 566. The number of hydrogen-bond donors (Lipinski definition) is 0. The molecule has 5 heteroatoms. The molecule has 0 unspecified atom stereocenters. The number of thiazole rings is 1. The maximum Gasteiger partial charge on any atom is 0.223 e. The first-order chi connectivity index (χ1) is 11.2. The first-order valence-corrected chi connectivity index (χ1v) is 10.0. The summed E-state index contributed by atoms with van der Waals surface area (Å²) in [5.74, 6) is 1.24. The van der Waals surface area contributed by atoms with E-state index in [0.717, 1.165) is 29.5 Å². The van der Waals surface area contributed by atoms with Crippen LogP contribution in [-0.4, -0.2) is 45.9 Å². The van der Waals surface area contributed by atoms with Crippen molar-refractivity contribution >= 4 is 17.2 Å². The molecule has 0 radical (unpaired) electrons. The Morgan fingerprint density at radius 3 is 2.78 bits per heavy atom. The molecule has 0 N–H and O–H groups in total. The molecule has 3 fully saturated rings. The zero-order valence-electron chi connectivity index (χ0n) is 14.0. The molecule has 0 aromatic carbocycles. The first-order valence-electron chi connectivity index (χ1n) is 9.15. The number of fused-ring (bicyclic) bond motifs is 1. The maximum atomic E-state index is 12.5. The molecule has 3 heterocycles. The number of aryl methyl sites for hydroxylation is 1. The van der Waals surface area contributed by atoms with Crippen LogP contribution in [0, 0.1) is 12.8 Å². The van der Waals surface area contributed by atoms with Crippen LogP contribution in [0.15, 0.2) is 5.38 Å². The Morgan fingerprint density at radius 2 is 2.04 bits per heavy atom. The van der Waals surface area contributed by atoms with Gasteiger partial charge in [0.15, 0.2) is 0 Å². The van der Waals surface area contributed by atoms with Crippen molar-refractivity contribution in [2.75, 3.05) is 13.1 Å². The largest absolute Gasteiger partial charge is 0.332 e. The molecule has 3 aliphatic rings. The van der Waals surface area contributed by atoms with Crippen LogP contribution in [0.2, 0.25) is 0 Å². The average molecular weight is 334 g/mol. The van der Waals surface area contributed by atoms with Gasteiger partial charge in [0.05, 0.1) is 17.2 Å². The minimum atomic E-state index is 0.333.